The first kappa shape index (κ1) is 10.3. The van der Waals surface area contributed by atoms with E-state index in [0.29, 0.717) is 6.41 Å². The molecule has 1 N–H and O–H groups in total. The van der Waals surface area contributed by atoms with Crippen LogP contribution in [0, 0.1) is 0 Å². The van der Waals surface area contributed by atoms with Crippen molar-refractivity contribution in [2.75, 3.05) is 5.32 Å². The Bertz CT molecular complexity index is 349. The highest BCUT2D eigenvalue weighted by Gasteiger charge is 1.95. The zero-order chi connectivity index (χ0) is 10.4. The van der Waals surface area contributed by atoms with E-state index in [2.05, 4.69) is 11.9 Å². The van der Waals surface area contributed by atoms with Gasteiger partial charge in [0.05, 0.1) is 0 Å². The molecule has 1 aromatic rings. The predicted molar refractivity (Wildman–Crippen MR) is 60.0 cm³/mol. The summed E-state index contributed by atoms with van der Waals surface area (Å²) in [6.07, 6.45) is 4.47. The van der Waals surface area contributed by atoms with Crippen LogP contribution in [0.4, 0.5) is 5.69 Å². The normalized spacial score (nSPS) is 10.8. The van der Waals surface area contributed by atoms with E-state index >= 15 is 0 Å². The third-order valence-corrected chi connectivity index (χ3v) is 1.97. The van der Waals surface area contributed by atoms with Crippen LogP contribution < -0.4 is 5.32 Å². The van der Waals surface area contributed by atoms with E-state index in [1.165, 1.54) is 0 Å². The smallest absolute Gasteiger partial charge is 0.211 e. The third-order valence-electron chi connectivity index (χ3n) is 1.97. The maximum Gasteiger partial charge on any atom is 0.211 e. The Hall–Kier alpha value is -1.83. The minimum atomic E-state index is 0.666. The largest absolute Gasteiger partial charge is 0.329 e. The van der Waals surface area contributed by atoms with Crippen LogP contribution in [0.3, 0.4) is 0 Å². The van der Waals surface area contributed by atoms with Gasteiger partial charge in [-0.25, -0.2) is 0 Å². The Morgan fingerprint density at radius 1 is 1.36 bits per heavy atom. The summed E-state index contributed by atoms with van der Waals surface area (Å²) in [6.45, 7) is 5.69. The molecule has 72 valence electrons. The zero-order valence-electron chi connectivity index (χ0n) is 8.16. The van der Waals surface area contributed by atoms with Crippen molar-refractivity contribution in [1.82, 2.24) is 0 Å². The van der Waals surface area contributed by atoms with Crippen LogP contribution in [0.1, 0.15) is 12.5 Å². The van der Waals surface area contributed by atoms with Gasteiger partial charge >= 0.3 is 0 Å². The highest BCUT2D eigenvalue weighted by molar-refractivity contribution is 5.76. The van der Waals surface area contributed by atoms with Crippen LogP contribution in [-0.4, -0.2) is 6.41 Å². The van der Waals surface area contributed by atoms with Gasteiger partial charge in [-0.3, -0.25) is 4.79 Å². The third kappa shape index (κ3) is 2.33. The number of rotatable bonds is 4. The lowest BCUT2D eigenvalue weighted by Crippen LogP contribution is -1.93. The SMILES string of the molecule is C=C/C(=C\C)c1ccc(NC=O)cc1. The van der Waals surface area contributed by atoms with E-state index in [9.17, 15) is 4.79 Å². The molecule has 1 amide bonds. The molecule has 0 aliphatic rings. The minimum absolute atomic E-state index is 0.666. The molecular formula is C12H13NO. The molecule has 0 saturated carbocycles. The van der Waals surface area contributed by atoms with Crippen LogP contribution in [0.5, 0.6) is 0 Å². The number of amides is 1. The lowest BCUT2D eigenvalue weighted by molar-refractivity contribution is -0.105. The first-order valence-corrected chi connectivity index (χ1v) is 4.41. The molecule has 0 bridgehead atoms. The number of hydrogen-bond acceptors (Lipinski definition) is 1. The highest BCUT2D eigenvalue weighted by atomic mass is 16.1. The number of carbonyl (C=O) groups excluding carboxylic acids is 1. The summed E-state index contributed by atoms with van der Waals surface area (Å²) in [5, 5.41) is 2.58. The van der Waals surface area contributed by atoms with E-state index < -0.39 is 0 Å². The minimum Gasteiger partial charge on any atom is -0.329 e. The van der Waals surface area contributed by atoms with Crippen molar-refractivity contribution < 1.29 is 4.79 Å². The Morgan fingerprint density at radius 2 is 2.00 bits per heavy atom. The molecule has 0 atom stereocenters. The van der Waals surface area contributed by atoms with Crippen molar-refractivity contribution in [2.24, 2.45) is 0 Å². The van der Waals surface area contributed by atoms with Crippen molar-refractivity contribution in [2.45, 2.75) is 6.92 Å². The van der Waals surface area contributed by atoms with Crippen molar-refractivity contribution in [1.29, 1.82) is 0 Å². The topological polar surface area (TPSA) is 29.1 Å². The molecule has 2 nitrogen and oxygen atoms in total. The number of anilines is 1. The van der Waals surface area contributed by atoms with Crippen LogP contribution in [0.2, 0.25) is 0 Å². The van der Waals surface area contributed by atoms with E-state index in [1.807, 2.05) is 43.3 Å². The van der Waals surface area contributed by atoms with Gasteiger partial charge < -0.3 is 5.32 Å². The van der Waals surface area contributed by atoms with Gasteiger partial charge in [-0.2, -0.15) is 0 Å². The second kappa shape index (κ2) is 5.02. The summed E-state index contributed by atoms with van der Waals surface area (Å²) in [5.41, 5.74) is 2.98. The van der Waals surface area contributed by atoms with Gasteiger partial charge in [-0.1, -0.05) is 30.9 Å². The Labute approximate surface area is 84.0 Å². The summed E-state index contributed by atoms with van der Waals surface area (Å²) in [5.74, 6) is 0. The number of hydrogen-bond donors (Lipinski definition) is 1. The fourth-order valence-corrected chi connectivity index (χ4v) is 1.23. The first-order chi connectivity index (χ1) is 6.81. The van der Waals surface area contributed by atoms with Crippen LogP contribution >= 0.6 is 0 Å². The maximum absolute atomic E-state index is 10.2. The standard InChI is InChI=1S/C12H13NO/c1-3-10(4-2)11-5-7-12(8-6-11)13-9-14/h3-9H,1H2,2H3,(H,13,14)/b10-4+. The monoisotopic (exact) mass is 187 g/mol. The molecule has 1 rings (SSSR count). The molecule has 0 fully saturated rings. The Balaban J connectivity index is 2.92. The van der Waals surface area contributed by atoms with Gasteiger partial charge in [-0.05, 0) is 30.2 Å². The van der Waals surface area contributed by atoms with Gasteiger partial charge in [0.25, 0.3) is 0 Å². The number of benzene rings is 1. The summed E-state index contributed by atoms with van der Waals surface area (Å²) < 4.78 is 0. The zero-order valence-corrected chi connectivity index (χ0v) is 8.16. The van der Waals surface area contributed by atoms with E-state index in [0.717, 1.165) is 16.8 Å². The first-order valence-electron chi connectivity index (χ1n) is 4.41. The molecule has 0 heterocycles. The van der Waals surface area contributed by atoms with Gasteiger partial charge in [0.1, 0.15) is 0 Å². The molecule has 1 aromatic carbocycles. The Kier molecular flexibility index (Phi) is 3.68. The van der Waals surface area contributed by atoms with Crippen LogP contribution in [-0.2, 0) is 4.79 Å². The molecule has 14 heavy (non-hydrogen) atoms. The van der Waals surface area contributed by atoms with E-state index in [4.69, 9.17) is 0 Å². The Morgan fingerprint density at radius 3 is 2.43 bits per heavy atom. The van der Waals surface area contributed by atoms with E-state index in [-0.39, 0.29) is 0 Å². The molecule has 0 aromatic heterocycles. The summed E-state index contributed by atoms with van der Waals surface area (Å²) in [7, 11) is 0. The van der Waals surface area contributed by atoms with Crippen molar-refractivity contribution in [3.63, 3.8) is 0 Å². The fraction of sp³-hybridized carbons (Fsp3) is 0.0833. The van der Waals surface area contributed by atoms with Crippen molar-refractivity contribution in [3.05, 3.63) is 48.6 Å². The molecule has 0 spiro atoms. The summed E-state index contributed by atoms with van der Waals surface area (Å²) >= 11 is 0. The number of allylic oxidation sites excluding steroid dienone is 3. The van der Waals surface area contributed by atoms with Gasteiger partial charge in [0, 0.05) is 5.69 Å². The maximum atomic E-state index is 10.2. The average Bonchev–Trinajstić information content (AvgIpc) is 2.23. The lowest BCUT2D eigenvalue weighted by atomic mass is 10.1. The molecule has 0 radical (unpaired) electrons. The molecule has 0 unspecified atom stereocenters. The summed E-state index contributed by atoms with van der Waals surface area (Å²) in [4.78, 5) is 10.2. The second-order valence-electron chi connectivity index (χ2n) is 2.79. The predicted octanol–water partition coefficient (Wildman–Crippen LogP) is 2.84. The van der Waals surface area contributed by atoms with E-state index in [1.54, 1.807) is 0 Å². The van der Waals surface area contributed by atoms with Crippen LogP contribution in [0.25, 0.3) is 5.57 Å². The molecule has 2 heteroatoms. The summed E-state index contributed by atoms with van der Waals surface area (Å²) in [6, 6.07) is 7.61. The molecular weight excluding hydrogens is 174 g/mol. The van der Waals surface area contributed by atoms with Gasteiger partial charge in [0.15, 0.2) is 0 Å². The molecule has 0 aliphatic carbocycles. The van der Waals surface area contributed by atoms with Gasteiger partial charge in [-0.15, -0.1) is 0 Å². The van der Waals surface area contributed by atoms with Crippen LogP contribution in [0.15, 0.2) is 43.0 Å². The fourth-order valence-electron chi connectivity index (χ4n) is 1.23. The van der Waals surface area contributed by atoms with Gasteiger partial charge in [0.2, 0.25) is 6.41 Å². The number of nitrogens with one attached hydrogen (secondary N) is 1. The lowest BCUT2D eigenvalue weighted by Gasteiger charge is -2.03. The van der Waals surface area contributed by atoms with Crippen molar-refractivity contribution in [3.8, 4) is 0 Å². The quantitative estimate of drug-likeness (QED) is 0.570. The highest BCUT2D eigenvalue weighted by Crippen LogP contribution is 2.17. The average molecular weight is 187 g/mol. The molecule has 0 saturated heterocycles. The van der Waals surface area contributed by atoms with Crippen molar-refractivity contribution >= 4 is 17.7 Å². The second-order valence-corrected chi connectivity index (χ2v) is 2.79. The molecule has 0 aliphatic heterocycles. The number of carbonyl (C=O) groups is 1.